The highest BCUT2D eigenvalue weighted by molar-refractivity contribution is 5.97. The molecule has 0 aromatic heterocycles. The molecule has 1 heterocycles. The summed E-state index contributed by atoms with van der Waals surface area (Å²) in [4.78, 5) is 28.3. The Morgan fingerprint density at radius 2 is 1.81 bits per heavy atom. The standard InChI is InChI=1S/C27H33FN2O2/c1-3-4-5-19-7-9-21(10-8-19)27(32)30-17-25(31)29-24-15-6-18(2)16-23(24)26(30)20-11-13-22(28)14-12-20/h6,11-16,19,21,26H,3-5,7-10,17H2,1-2H3,(H,29,31)/t19?,21?,26-/m0/s1. The van der Waals surface area contributed by atoms with Crippen LogP contribution in [0, 0.1) is 24.6 Å². The number of amides is 2. The molecule has 1 fully saturated rings. The number of nitrogens with one attached hydrogen (secondary N) is 1. The number of carbonyl (C=O) groups is 2. The molecule has 0 unspecified atom stereocenters. The fourth-order valence-corrected chi connectivity index (χ4v) is 5.26. The van der Waals surface area contributed by atoms with Gasteiger partial charge in [-0.05, 0) is 62.3 Å². The van der Waals surface area contributed by atoms with Gasteiger partial charge in [0, 0.05) is 17.2 Å². The van der Waals surface area contributed by atoms with Gasteiger partial charge in [-0.25, -0.2) is 4.39 Å². The first-order chi connectivity index (χ1) is 15.5. The molecule has 2 aromatic carbocycles. The fraction of sp³-hybridized carbons (Fsp3) is 0.481. The first-order valence-corrected chi connectivity index (χ1v) is 11.9. The van der Waals surface area contributed by atoms with Gasteiger partial charge in [0.05, 0.1) is 6.04 Å². The Kier molecular flexibility index (Phi) is 6.92. The lowest BCUT2D eigenvalue weighted by Crippen LogP contribution is -2.43. The number of hydrogen-bond acceptors (Lipinski definition) is 2. The van der Waals surface area contributed by atoms with E-state index in [-0.39, 0.29) is 30.1 Å². The van der Waals surface area contributed by atoms with E-state index in [0.29, 0.717) is 11.6 Å². The predicted molar refractivity (Wildman–Crippen MR) is 125 cm³/mol. The second-order valence-electron chi connectivity index (χ2n) is 9.42. The van der Waals surface area contributed by atoms with Gasteiger partial charge in [-0.2, -0.15) is 0 Å². The van der Waals surface area contributed by atoms with Gasteiger partial charge in [-0.15, -0.1) is 0 Å². The van der Waals surface area contributed by atoms with Gasteiger partial charge in [-0.1, -0.05) is 56.0 Å². The minimum absolute atomic E-state index is 0.00433. The zero-order valence-corrected chi connectivity index (χ0v) is 19.1. The molecule has 0 bridgehead atoms. The van der Waals surface area contributed by atoms with Crippen LogP contribution < -0.4 is 5.32 Å². The molecule has 2 aromatic rings. The van der Waals surface area contributed by atoms with Gasteiger partial charge in [-0.3, -0.25) is 9.59 Å². The van der Waals surface area contributed by atoms with Gasteiger partial charge in [0.25, 0.3) is 0 Å². The summed E-state index contributed by atoms with van der Waals surface area (Å²) in [6.45, 7) is 4.22. The summed E-state index contributed by atoms with van der Waals surface area (Å²) in [6.07, 6.45) is 7.61. The highest BCUT2D eigenvalue weighted by atomic mass is 19.1. The lowest BCUT2D eigenvalue weighted by atomic mass is 9.79. The van der Waals surface area contributed by atoms with E-state index in [2.05, 4.69) is 12.2 Å². The molecule has 1 N–H and O–H groups in total. The van der Waals surface area contributed by atoms with Crippen LogP contribution in [0.25, 0.3) is 0 Å². The van der Waals surface area contributed by atoms with Gasteiger partial charge in [0.2, 0.25) is 11.8 Å². The van der Waals surface area contributed by atoms with Crippen molar-refractivity contribution < 1.29 is 14.0 Å². The van der Waals surface area contributed by atoms with E-state index in [9.17, 15) is 14.0 Å². The molecule has 1 aliphatic heterocycles. The zero-order valence-electron chi connectivity index (χ0n) is 19.1. The Balaban J connectivity index is 1.66. The minimum Gasteiger partial charge on any atom is -0.324 e. The molecule has 0 saturated heterocycles. The lowest BCUT2D eigenvalue weighted by Gasteiger charge is -2.36. The Hall–Kier alpha value is -2.69. The highest BCUT2D eigenvalue weighted by Crippen LogP contribution is 2.39. The molecule has 1 aliphatic carbocycles. The molecule has 2 aliphatic rings. The van der Waals surface area contributed by atoms with Crippen LogP contribution in [0.4, 0.5) is 10.1 Å². The number of fused-ring (bicyclic) bond motifs is 1. The van der Waals surface area contributed by atoms with E-state index in [0.717, 1.165) is 42.4 Å². The number of benzene rings is 2. The molecule has 1 atom stereocenters. The van der Waals surface area contributed by atoms with Crippen LogP contribution in [0.2, 0.25) is 0 Å². The van der Waals surface area contributed by atoms with E-state index in [1.807, 2.05) is 25.1 Å². The third-order valence-electron chi connectivity index (χ3n) is 7.03. The highest BCUT2D eigenvalue weighted by Gasteiger charge is 2.37. The summed E-state index contributed by atoms with van der Waals surface area (Å²) in [5.41, 5.74) is 3.47. The zero-order chi connectivity index (χ0) is 22.7. The summed E-state index contributed by atoms with van der Waals surface area (Å²) in [5.74, 6) is 0.185. The van der Waals surface area contributed by atoms with Crippen molar-refractivity contribution >= 4 is 17.5 Å². The van der Waals surface area contributed by atoms with Crippen LogP contribution in [0.1, 0.15) is 74.6 Å². The van der Waals surface area contributed by atoms with Crippen molar-refractivity contribution in [3.63, 3.8) is 0 Å². The average molecular weight is 437 g/mol. The van der Waals surface area contributed by atoms with E-state index in [4.69, 9.17) is 0 Å². The van der Waals surface area contributed by atoms with E-state index < -0.39 is 6.04 Å². The monoisotopic (exact) mass is 436 g/mol. The normalized spacial score (nSPS) is 23.3. The van der Waals surface area contributed by atoms with Crippen molar-refractivity contribution in [3.8, 4) is 0 Å². The number of hydrogen-bond donors (Lipinski definition) is 1. The fourth-order valence-electron chi connectivity index (χ4n) is 5.26. The molecule has 2 amide bonds. The number of aryl methyl sites for hydroxylation is 1. The molecule has 5 heteroatoms. The summed E-state index contributed by atoms with van der Waals surface area (Å²) in [5, 5.41) is 2.97. The summed E-state index contributed by atoms with van der Waals surface area (Å²) < 4.78 is 13.7. The maximum atomic E-state index is 13.8. The van der Waals surface area contributed by atoms with Crippen LogP contribution in [-0.2, 0) is 9.59 Å². The van der Waals surface area contributed by atoms with Crippen LogP contribution in [0.3, 0.4) is 0 Å². The average Bonchev–Trinajstić information content (AvgIpc) is 2.94. The minimum atomic E-state index is -0.422. The smallest absolute Gasteiger partial charge is 0.244 e. The van der Waals surface area contributed by atoms with Crippen molar-refractivity contribution in [1.29, 1.82) is 0 Å². The predicted octanol–water partition coefficient (Wildman–Crippen LogP) is 6.00. The van der Waals surface area contributed by atoms with Crippen LogP contribution in [0.15, 0.2) is 42.5 Å². The Labute approximate surface area is 190 Å². The summed E-state index contributed by atoms with van der Waals surface area (Å²) in [6, 6.07) is 11.8. The van der Waals surface area contributed by atoms with Crippen LogP contribution in [0.5, 0.6) is 0 Å². The molecule has 170 valence electrons. The largest absolute Gasteiger partial charge is 0.324 e. The van der Waals surface area contributed by atoms with Crippen molar-refractivity contribution in [2.45, 2.75) is 64.8 Å². The molecule has 0 radical (unpaired) electrons. The molecule has 0 spiro atoms. The first-order valence-electron chi connectivity index (χ1n) is 11.9. The lowest BCUT2D eigenvalue weighted by molar-refractivity contribution is -0.141. The van der Waals surface area contributed by atoms with Crippen molar-refractivity contribution in [3.05, 3.63) is 65.0 Å². The number of rotatable bonds is 5. The van der Waals surface area contributed by atoms with Gasteiger partial charge in [0.15, 0.2) is 0 Å². The number of halogens is 1. The van der Waals surface area contributed by atoms with Crippen LogP contribution >= 0.6 is 0 Å². The summed E-state index contributed by atoms with van der Waals surface area (Å²) in [7, 11) is 0. The van der Waals surface area contributed by atoms with E-state index in [1.165, 1.54) is 31.4 Å². The quantitative estimate of drug-likeness (QED) is 0.625. The number of carbonyl (C=O) groups excluding carboxylic acids is 2. The number of anilines is 1. The van der Waals surface area contributed by atoms with Crippen molar-refractivity contribution in [2.75, 3.05) is 11.9 Å². The van der Waals surface area contributed by atoms with Gasteiger partial charge < -0.3 is 10.2 Å². The second-order valence-corrected chi connectivity index (χ2v) is 9.42. The Morgan fingerprint density at radius 3 is 2.50 bits per heavy atom. The molecule has 4 rings (SSSR count). The van der Waals surface area contributed by atoms with Crippen LogP contribution in [-0.4, -0.2) is 23.3 Å². The second kappa shape index (κ2) is 9.85. The topological polar surface area (TPSA) is 49.4 Å². The van der Waals surface area contributed by atoms with E-state index in [1.54, 1.807) is 17.0 Å². The summed E-state index contributed by atoms with van der Waals surface area (Å²) >= 11 is 0. The Bertz CT molecular complexity index is 964. The molecular weight excluding hydrogens is 403 g/mol. The number of unbranched alkanes of at least 4 members (excludes halogenated alkanes) is 1. The molecule has 32 heavy (non-hydrogen) atoms. The van der Waals surface area contributed by atoms with Crippen molar-refractivity contribution in [1.82, 2.24) is 4.90 Å². The maximum absolute atomic E-state index is 13.8. The number of nitrogens with zero attached hydrogens (tertiary/aromatic N) is 1. The van der Waals surface area contributed by atoms with Gasteiger partial charge >= 0.3 is 0 Å². The third kappa shape index (κ3) is 4.87. The molecule has 4 nitrogen and oxygen atoms in total. The van der Waals surface area contributed by atoms with E-state index >= 15 is 0 Å². The maximum Gasteiger partial charge on any atom is 0.244 e. The third-order valence-corrected chi connectivity index (χ3v) is 7.03. The SMILES string of the molecule is CCCCC1CCC(C(=O)N2CC(=O)Nc3ccc(C)cc3[C@@H]2c2ccc(F)cc2)CC1. The Morgan fingerprint density at radius 1 is 1.09 bits per heavy atom. The molecule has 1 saturated carbocycles. The first kappa shape index (κ1) is 22.5. The van der Waals surface area contributed by atoms with Gasteiger partial charge in [0.1, 0.15) is 12.4 Å². The van der Waals surface area contributed by atoms with Crippen molar-refractivity contribution in [2.24, 2.45) is 11.8 Å². The molecular formula is C27H33FN2O2.